The molecule has 128 valence electrons. The van der Waals surface area contributed by atoms with E-state index < -0.39 is 0 Å². The summed E-state index contributed by atoms with van der Waals surface area (Å²) in [6.07, 6.45) is 10.4. The van der Waals surface area contributed by atoms with Crippen LogP contribution in [0.2, 0.25) is 0 Å². The molecule has 2 amide bonds. The first-order chi connectivity index (χ1) is 11.1. The third-order valence-corrected chi connectivity index (χ3v) is 5.30. The summed E-state index contributed by atoms with van der Waals surface area (Å²) in [5.74, 6) is 0.981. The molecule has 6 nitrogen and oxygen atoms in total. The zero-order valence-electron chi connectivity index (χ0n) is 13.9. The third-order valence-electron chi connectivity index (χ3n) is 5.30. The van der Waals surface area contributed by atoms with Gasteiger partial charge in [0.1, 0.15) is 5.82 Å². The Labute approximate surface area is 137 Å². The van der Waals surface area contributed by atoms with Crippen molar-refractivity contribution in [3.63, 3.8) is 0 Å². The van der Waals surface area contributed by atoms with Gasteiger partial charge in [0.05, 0.1) is 18.3 Å². The van der Waals surface area contributed by atoms with Crippen LogP contribution in [0.5, 0.6) is 0 Å². The van der Waals surface area contributed by atoms with Crippen LogP contribution in [0.4, 0.5) is 10.6 Å². The first-order valence-corrected chi connectivity index (χ1v) is 8.89. The molecule has 2 saturated carbocycles. The minimum atomic E-state index is -0.266. The molecular formula is C17H28N4O2. The van der Waals surface area contributed by atoms with Gasteiger partial charge < -0.3 is 10.0 Å². The van der Waals surface area contributed by atoms with E-state index in [1.807, 2.05) is 10.7 Å². The fourth-order valence-corrected chi connectivity index (χ4v) is 3.90. The molecule has 23 heavy (non-hydrogen) atoms. The lowest BCUT2D eigenvalue weighted by atomic mass is 9.96. The van der Waals surface area contributed by atoms with Gasteiger partial charge in [0, 0.05) is 25.6 Å². The van der Waals surface area contributed by atoms with E-state index in [-0.39, 0.29) is 18.1 Å². The highest BCUT2D eigenvalue weighted by atomic mass is 16.3. The lowest BCUT2D eigenvalue weighted by molar-refractivity contribution is 0.116. The molecule has 2 fully saturated rings. The van der Waals surface area contributed by atoms with E-state index in [1.54, 1.807) is 18.1 Å². The molecule has 1 aromatic rings. The van der Waals surface area contributed by atoms with Crippen LogP contribution in [0.25, 0.3) is 0 Å². The number of anilines is 1. The minimum Gasteiger partial charge on any atom is -0.393 e. The number of carbonyl (C=O) groups excluding carboxylic acids is 1. The van der Waals surface area contributed by atoms with Gasteiger partial charge in [-0.2, -0.15) is 5.10 Å². The summed E-state index contributed by atoms with van der Waals surface area (Å²) in [5, 5.41) is 17.3. The van der Waals surface area contributed by atoms with Crippen LogP contribution in [0.1, 0.15) is 57.4 Å². The molecule has 6 heteroatoms. The summed E-state index contributed by atoms with van der Waals surface area (Å²) in [6.45, 7) is 0.602. The second-order valence-corrected chi connectivity index (χ2v) is 7.02. The molecule has 2 unspecified atom stereocenters. The maximum Gasteiger partial charge on any atom is 0.322 e. The van der Waals surface area contributed by atoms with Crippen molar-refractivity contribution in [1.29, 1.82) is 0 Å². The molecule has 1 heterocycles. The van der Waals surface area contributed by atoms with Crippen LogP contribution >= 0.6 is 0 Å². The Morgan fingerprint density at radius 2 is 2.09 bits per heavy atom. The number of aliphatic hydroxyl groups is 1. The van der Waals surface area contributed by atoms with Gasteiger partial charge in [0.25, 0.3) is 0 Å². The first-order valence-electron chi connectivity index (χ1n) is 8.89. The van der Waals surface area contributed by atoms with E-state index in [1.165, 1.54) is 19.3 Å². The van der Waals surface area contributed by atoms with E-state index in [4.69, 9.17) is 0 Å². The van der Waals surface area contributed by atoms with Gasteiger partial charge in [-0.25, -0.2) is 9.48 Å². The number of urea groups is 1. The van der Waals surface area contributed by atoms with Gasteiger partial charge in [-0.15, -0.1) is 0 Å². The van der Waals surface area contributed by atoms with Crippen molar-refractivity contribution in [3.8, 4) is 0 Å². The van der Waals surface area contributed by atoms with Crippen molar-refractivity contribution in [2.75, 3.05) is 18.9 Å². The third kappa shape index (κ3) is 3.86. The van der Waals surface area contributed by atoms with E-state index in [0.717, 1.165) is 37.9 Å². The Balaban J connectivity index is 1.58. The standard InChI is InChI=1S/C17H28N4O2/c1-20(12-13-6-5-9-15(13)22)17(23)19-16-10-11-18-21(16)14-7-3-2-4-8-14/h10-11,13-15,22H,2-9,12H2,1H3,(H,19,23). The van der Waals surface area contributed by atoms with E-state index in [0.29, 0.717) is 12.6 Å². The van der Waals surface area contributed by atoms with Crippen LogP contribution in [-0.4, -0.2) is 45.5 Å². The quantitative estimate of drug-likeness (QED) is 0.896. The summed E-state index contributed by atoms with van der Waals surface area (Å²) in [7, 11) is 1.79. The summed E-state index contributed by atoms with van der Waals surface area (Å²) < 4.78 is 1.97. The van der Waals surface area contributed by atoms with E-state index >= 15 is 0 Å². The van der Waals surface area contributed by atoms with Crippen molar-refractivity contribution in [2.45, 2.75) is 63.5 Å². The maximum absolute atomic E-state index is 12.4. The molecule has 2 atom stereocenters. The number of hydrogen-bond donors (Lipinski definition) is 2. The highest BCUT2D eigenvalue weighted by Crippen LogP contribution is 2.30. The Kier molecular flexibility index (Phi) is 5.20. The molecule has 3 rings (SSSR count). The van der Waals surface area contributed by atoms with Crippen molar-refractivity contribution in [1.82, 2.24) is 14.7 Å². The molecule has 2 N–H and O–H groups in total. The molecule has 2 aliphatic carbocycles. The summed E-state index contributed by atoms with van der Waals surface area (Å²) in [6, 6.07) is 2.14. The zero-order chi connectivity index (χ0) is 16.2. The average molecular weight is 320 g/mol. The van der Waals surface area contributed by atoms with Crippen LogP contribution < -0.4 is 5.32 Å². The fraction of sp³-hybridized carbons (Fsp3) is 0.765. The molecule has 0 spiro atoms. The van der Waals surface area contributed by atoms with Crippen molar-refractivity contribution in [2.24, 2.45) is 5.92 Å². The van der Waals surface area contributed by atoms with Crippen molar-refractivity contribution >= 4 is 11.8 Å². The molecular weight excluding hydrogens is 292 g/mol. The number of hydrogen-bond acceptors (Lipinski definition) is 3. The number of nitrogens with one attached hydrogen (secondary N) is 1. The summed E-state index contributed by atoms with van der Waals surface area (Å²) in [5.41, 5.74) is 0. The maximum atomic E-state index is 12.4. The Bertz CT molecular complexity index is 524. The number of carbonyl (C=O) groups is 1. The van der Waals surface area contributed by atoms with Crippen LogP contribution in [0.3, 0.4) is 0 Å². The second kappa shape index (κ2) is 7.34. The number of amides is 2. The number of aliphatic hydroxyl groups excluding tert-OH is 1. The highest BCUT2D eigenvalue weighted by Gasteiger charge is 2.28. The SMILES string of the molecule is CN(CC1CCCC1O)C(=O)Nc1ccnn1C1CCCCC1. The predicted molar refractivity (Wildman–Crippen MR) is 89.3 cm³/mol. The predicted octanol–water partition coefficient (Wildman–Crippen LogP) is 3.01. The van der Waals surface area contributed by atoms with Gasteiger partial charge in [0.15, 0.2) is 0 Å². The van der Waals surface area contributed by atoms with Gasteiger partial charge in [-0.1, -0.05) is 25.7 Å². The molecule has 0 radical (unpaired) electrons. The lowest BCUT2D eigenvalue weighted by Crippen LogP contribution is -2.37. The normalized spacial score (nSPS) is 25.5. The van der Waals surface area contributed by atoms with Crippen LogP contribution in [0, 0.1) is 5.92 Å². The molecule has 0 bridgehead atoms. The molecule has 0 aromatic carbocycles. The van der Waals surface area contributed by atoms with Crippen LogP contribution in [-0.2, 0) is 0 Å². The van der Waals surface area contributed by atoms with Gasteiger partial charge in [-0.05, 0) is 25.7 Å². The van der Waals surface area contributed by atoms with Crippen LogP contribution in [0.15, 0.2) is 12.3 Å². The second-order valence-electron chi connectivity index (χ2n) is 7.02. The molecule has 0 saturated heterocycles. The van der Waals surface area contributed by atoms with Gasteiger partial charge >= 0.3 is 6.03 Å². The number of nitrogens with zero attached hydrogens (tertiary/aromatic N) is 3. The largest absolute Gasteiger partial charge is 0.393 e. The monoisotopic (exact) mass is 320 g/mol. The van der Waals surface area contributed by atoms with Gasteiger partial charge in [-0.3, -0.25) is 5.32 Å². The van der Waals surface area contributed by atoms with Gasteiger partial charge in [0.2, 0.25) is 0 Å². The topological polar surface area (TPSA) is 70.4 Å². The zero-order valence-corrected chi connectivity index (χ0v) is 13.9. The average Bonchev–Trinajstić information content (AvgIpc) is 3.18. The Hall–Kier alpha value is -1.56. The first kappa shape index (κ1) is 16.3. The summed E-state index contributed by atoms with van der Waals surface area (Å²) in [4.78, 5) is 14.1. The van der Waals surface area contributed by atoms with Crippen molar-refractivity contribution < 1.29 is 9.90 Å². The smallest absolute Gasteiger partial charge is 0.322 e. The highest BCUT2D eigenvalue weighted by molar-refractivity contribution is 5.88. The van der Waals surface area contributed by atoms with Crippen molar-refractivity contribution in [3.05, 3.63) is 12.3 Å². The Morgan fingerprint density at radius 1 is 1.30 bits per heavy atom. The molecule has 0 aliphatic heterocycles. The fourth-order valence-electron chi connectivity index (χ4n) is 3.90. The van der Waals surface area contributed by atoms with E-state index in [2.05, 4.69) is 10.4 Å². The number of rotatable bonds is 4. The van der Waals surface area contributed by atoms with E-state index in [9.17, 15) is 9.90 Å². The number of aromatic nitrogens is 2. The lowest BCUT2D eigenvalue weighted by Gasteiger charge is -2.26. The molecule has 1 aromatic heterocycles. The Morgan fingerprint density at radius 3 is 2.78 bits per heavy atom. The molecule has 2 aliphatic rings. The summed E-state index contributed by atoms with van der Waals surface area (Å²) >= 11 is 0. The minimum absolute atomic E-state index is 0.123.